The summed E-state index contributed by atoms with van der Waals surface area (Å²) in [6.45, 7) is 2.95. The molecule has 0 unspecified atom stereocenters. The molecule has 5 nitrogen and oxygen atoms in total. The fourth-order valence-corrected chi connectivity index (χ4v) is 5.10. The number of imide groups is 1. The lowest BCUT2D eigenvalue weighted by Crippen LogP contribution is -2.27. The molecule has 0 saturated carbocycles. The molecule has 1 aliphatic heterocycles. The van der Waals surface area contributed by atoms with Crippen LogP contribution in [0.4, 0.5) is 4.79 Å². The van der Waals surface area contributed by atoms with Crippen molar-refractivity contribution >= 4 is 51.4 Å². The Morgan fingerprint density at radius 1 is 0.892 bits per heavy atom. The van der Waals surface area contributed by atoms with Crippen LogP contribution in [0.15, 0.2) is 89.8 Å². The molecule has 0 radical (unpaired) electrons. The first kappa shape index (κ1) is 24.9. The Kier molecular flexibility index (Phi) is 7.49. The smallest absolute Gasteiger partial charge is 0.293 e. The van der Waals surface area contributed by atoms with Crippen molar-refractivity contribution in [3.05, 3.63) is 112 Å². The second-order valence-corrected chi connectivity index (χ2v) is 9.89. The highest BCUT2D eigenvalue weighted by Crippen LogP contribution is 2.36. The van der Waals surface area contributed by atoms with Gasteiger partial charge in [-0.3, -0.25) is 14.5 Å². The molecule has 7 heteroatoms. The van der Waals surface area contributed by atoms with Gasteiger partial charge >= 0.3 is 0 Å². The van der Waals surface area contributed by atoms with Gasteiger partial charge in [-0.25, -0.2) is 0 Å². The molecule has 0 atom stereocenters. The van der Waals surface area contributed by atoms with Crippen molar-refractivity contribution in [3.8, 4) is 11.5 Å². The number of ether oxygens (including phenoxy) is 2. The van der Waals surface area contributed by atoms with Crippen LogP contribution in [-0.4, -0.2) is 22.7 Å². The number of halogens is 1. The molecule has 5 rings (SSSR count). The van der Waals surface area contributed by atoms with E-state index in [1.165, 1.54) is 4.90 Å². The third-order valence-electron chi connectivity index (χ3n) is 5.95. The summed E-state index contributed by atoms with van der Waals surface area (Å²) in [4.78, 5) is 27.6. The molecular weight excluding hydrogens is 506 g/mol. The van der Waals surface area contributed by atoms with Crippen molar-refractivity contribution in [2.24, 2.45) is 0 Å². The van der Waals surface area contributed by atoms with E-state index in [-0.39, 0.29) is 17.7 Å². The summed E-state index contributed by atoms with van der Waals surface area (Å²) in [5.74, 6) is 0.863. The molecule has 4 aromatic rings. The summed E-state index contributed by atoms with van der Waals surface area (Å²) in [6.07, 6.45) is 1.72. The minimum atomic E-state index is -0.302. The van der Waals surface area contributed by atoms with Crippen LogP contribution in [0.1, 0.15) is 23.6 Å². The normalized spacial score (nSPS) is 14.5. The first-order valence-electron chi connectivity index (χ1n) is 11.9. The van der Waals surface area contributed by atoms with Crippen LogP contribution in [0.2, 0.25) is 5.02 Å². The third kappa shape index (κ3) is 5.66. The summed E-state index contributed by atoms with van der Waals surface area (Å²) in [5.41, 5.74) is 2.66. The van der Waals surface area contributed by atoms with Gasteiger partial charge in [-0.1, -0.05) is 72.3 Å². The predicted octanol–water partition coefficient (Wildman–Crippen LogP) is 7.71. The van der Waals surface area contributed by atoms with Crippen molar-refractivity contribution in [1.29, 1.82) is 0 Å². The van der Waals surface area contributed by atoms with Crippen molar-refractivity contribution in [1.82, 2.24) is 4.90 Å². The number of hydrogen-bond acceptors (Lipinski definition) is 5. The monoisotopic (exact) mass is 529 g/mol. The summed E-state index contributed by atoms with van der Waals surface area (Å²) in [6, 6.07) is 26.8. The molecule has 2 amide bonds. The zero-order valence-electron chi connectivity index (χ0n) is 20.1. The maximum absolute atomic E-state index is 13.2. The number of hydrogen-bond donors (Lipinski definition) is 0. The van der Waals surface area contributed by atoms with Crippen molar-refractivity contribution in [3.63, 3.8) is 0 Å². The summed E-state index contributed by atoms with van der Waals surface area (Å²) in [5, 5.41) is 2.50. The van der Waals surface area contributed by atoms with E-state index in [1.54, 1.807) is 6.08 Å². The van der Waals surface area contributed by atoms with Gasteiger partial charge in [-0.2, -0.15) is 0 Å². The maximum atomic E-state index is 13.2. The van der Waals surface area contributed by atoms with Crippen molar-refractivity contribution in [2.75, 3.05) is 6.61 Å². The number of carbonyl (C=O) groups is 2. The van der Waals surface area contributed by atoms with E-state index in [9.17, 15) is 9.59 Å². The van der Waals surface area contributed by atoms with E-state index in [1.807, 2.05) is 91.9 Å². The van der Waals surface area contributed by atoms with E-state index in [0.29, 0.717) is 34.6 Å². The Morgan fingerprint density at radius 3 is 2.49 bits per heavy atom. The van der Waals surface area contributed by atoms with Gasteiger partial charge in [-0.05, 0) is 76.5 Å². The van der Waals surface area contributed by atoms with Gasteiger partial charge in [0.15, 0.2) is 11.5 Å². The van der Waals surface area contributed by atoms with Crippen LogP contribution in [0, 0.1) is 0 Å². The van der Waals surface area contributed by atoms with Gasteiger partial charge in [0.25, 0.3) is 11.1 Å². The maximum Gasteiger partial charge on any atom is 0.293 e. The highest BCUT2D eigenvalue weighted by molar-refractivity contribution is 8.18. The van der Waals surface area contributed by atoms with Gasteiger partial charge in [0.1, 0.15) is 6.61 Å². The largest absolute Gasteiger partial charge is 0.490 e. The van der Waals surface area contributed by atoms with E-state index < -0.39 is 0 Å². The lowest BCUT2D eigenvalue weighted by Gasteiger charge is -2.14. The van der Waals surface area contributed by atoms with Gasteiger partial charge in [-0.15, -0.1) is 0 Å². The molecule has 0 aliphatic carbocycles. The Morgan fingerprint density at radius 2 is 1.68 bits per heavy atom. The van der Waals surface area contributed by atoms with Crippen molar-refractivity contribution < 1.29 is 19.1 Å². The number of rotatable bonds is 8. The van der Waals surface area contributed by atoms with E-state index in [0.717, 1.165) is 39.2 Å². The zero-order chi connectivity index (χ0) is 25.8. The van der Waals surface area contributed by atoms with Gasteiger partial charge < -0.3 is 9.47 Å². The molecule has 186 valence electrons. The van der Waals surface area contributed by atoms with Gasteiger partial charge in [0.2, 0.25) is 0 Å². The van der Waals surface area contributed by atoms with Crippen LogP contribution in [-0.2, 0) is 17.9 Å². The fourth-order valence-electron chi connectivity index (χ4n) is 4.13. The molecule has 1 heterocycles. The summed E-state index contributed by atoms with van der Waals surface area (Å²) < 4.78 is 11.8. The lowest BCUT2D eigenvalue weighted by atomic mass is 10.0. The standard InChI is InChI=1S/C30H24ClNO4S/c1-2-35-27-16-21(12-15-26(27)36-19-20-10-13-24(31)14-11-20)17-28-29(33)32(30(34)37-28)18-23-8-5-7-22-6-3-4-9-25(22)23/h3-17H,2,18-19H2,1H3/b28-17-. The average Bonchev–Trinajstić information content (AvgIpc) is 3.17. The summed E-state index contributed by atoms with van der Waals surface area (Å²) >= 11 is 6.91. The first-order chi connectivity index (χ1) is 18.0. The zero-order valence-corrected chi connectivity index (χ0v) is 21.7. The van der Waals surface area contributed by atoms with Crippen LogP contribution < -0.4 is 9.47 Å². The molecule has 0 spiro atoms. The highest BCUT2D eigenvalue weighted by Gasteiger charge is 2.35. The first-order valence-corrected chi connectivity index (χ1v) is 13.1. The SMILES string of the molecule is CCOc1cc(/C=C2\SC(=O)N(Cc3cccc4ccccc34)C2=O)ccc1OCc1ccc(Cl)cc1. The topological polar surface area (TPSA) is 55.8 Å². The number of nitrogens with zero attached hydrogens (tertiary/aromatic N) is 1. The molecule has 37 heavy (non-hydrogen) atoms. The second-order valence-electron chi connectivity index (χ2n) is 8.46. The van der Waals surface area contributed by atoms with E-state index in [4.69, 9.17) is 21.1 Å². The number of fused-ring (bicyclic) bond motifs is 1. The lowest BCUT2D eigenvalue weighted by molar-refractivity contribution is -0.123. The fraction of sp³-hybridized carbons (Fsp3) is 0.133. The average molecular weight is 530 g/mol. The third-order valence-corrected chi connectivity index (χ3v) is 7.11. The number of carbonyl (C=O) groups excluding carboxylic acids is 2. The number of amides is 2. The molecule has 0 N–H and O–H groups in total. The molecule has 1 saturated heterocycles. The van der Waals surface area contributed by atoms with E-state index in [2.05, 4.69) is 0 Å². The van der Waals surface area contributed by atoms with Crippen LogP contribution in [0.5, 0.6) is 11.5 Å². The minimum Gasteiger partial charge on any atom is -0.490 e. The van der Waals surface area contributed by atoms with Gasteiger partial charge in [0, 0.05) is 5.02 Å². The second kappa shape index (κ2) is 11.1. The molecule has 0 aromatic heterocycles. The number of thioether (sulfide) groups is 1. The molecule has 1 fully saturated rings. The quantitative estimate of drug-likeness (QED) is 0.219. The molecule has 0 bridgehead atoms. The molecular formula is C30H24ClNO4S. The van der Waals surface area contributed by atoms with Crippen molar-refractivity contribution in [2.45, 2.75) is 20.1 Å². The Hall–Kier alpha value is -3.74. The van der Waals surface area contributed by atoms with E-state index >= 15 is 0 Å². The molecule has 1 aliphatic rings. The van der Waals surface area contributed by atoms with Crippen LogP contribution in [0.3, 0.4) is 0 Å². The minimum absolute atomic E-state index is 0.227. The summed E-state index contributed by atoms with van der Waals surface area (Å²) in [7, 11) is 0. The predicted molar refractivity (Wildman–Crippen MR) is 149 cm³/mol. The molecule has 4 aromatic carbocycles. The Bertz CT molecular complexity index is 1490. The van der Waals surface area contributed by atoms with Gasteiger partial charge in [0.05, 0.1) is 18.1 Å². The van der Waals surface area contributed by atoms with Crippen LogP contribution >= 0.6 is 23.4 Å². The Labute approximate surface area is 224 Å². The number of benzene rings is 4. The Balaban J connectivity index is 1.34. The highest BCUT2D eigenvalue weighted by atomic mass is 35.5. The van der Waals surface area contributed by atoms with Crippen LogP contribution in [0.25, 0.3) is 16.8 Å².